The second kappa shape index (κ2) is 3.56. The van der Waals surface area contributed by atoms with Gasteiger partial charge >= 0.3 is 0 Å². The zero-order chi connectivity index (χ0) is 12.0. The Morgan fingerprint density at radius 2 is 1.76 bits per heavy atom. The van der Waals surface area contributed by atoms with Gasteiger partial charge in [-0.25, -0.2) is 0 Å². The Morgan fingerprint density at radius 1 is 1.06 bits per heavy atom. The van der Waals surface area contributed by atoms with Gasteiger partial charge in [-0.2, -0.15) is 4.57 Å². The molecule has 1 heteroatoms. The maximum Gasteiger partial charge on any atom is 0.177 e. The van der Waals surface area contributed by atoms with Crippen molar-refractivity contribution in [2.45, 2.75) is 45.1 Å². The van der Waals surface area contributed by atoms with Crippen LogP contribution in [-0.2, 0) is 5.54 Å². The average Bonchev–Trinajstić information content (AvgIpc) is 3.10. The molecule has 1 fully saturated rings. The summed E-state index contributed by atoms with van der Waals surface area (Å²) in [4.78, 5) is 0. The van der Waals surface area contributed by atoms with E-state index in [1.165, 1.54) is 29.2 Å². The molecule has 1 nitrogen and oxygen atoms in total. The highest BCUT2D eigenvalue weighted by molar-refractivity contribution is 5.84. The Hall–Kier alpha value is -1.37. The Morgan fingerprint density at radius 3 is 2.41 bits per heavy atom. The van der Waals surface area contributed by atoms with Crippen LogP contribution in [0.1, 0.15) is 45.1 Å². The SMILES string of the molecule is CC(C)(C)[n+]1cc(C2CC2)c2ccccc2c1. The first kappa shape index (κ1) is 10.8. The summed E-state index contributed by atoms with van der Waals surface area (Å²) in [6, 6.07) is 8.76. The van der Waals surface area contributed by atoms with Gasteiger partial charge < -0.3 is 0 Å². The fraction of sp³-hybridized carbons (Fsp3) is 0.438. The summed E-state index contributed by atoms with van der Waals surface area (Å²) in [5.41, 5.74) is 1.70. The number of rotatable bonds is 1. The Balaban J connectivity index is 2.27. The lowest BCUT2D eigenvalue weighted by Crippen LogP contribution is -2.49. The Kier molecular flexibility index (Phi) is 2.25. The molecule has 0 N–H and O–H groups in total. The zero-order valence-corrected chi connectivity index (χ0v) is 10.9. The van der Waals surface area contributed by atoms with Crippen molar-refractivity contribution in [3.8, 4) is 0 Å². The molecule has 0 unspecified atom stereocenters. The van der Waals surface area contributed by atoms with Crippen molar-refractivity contribution >= 4 is 10.8 Å². The lowest BCUT2D eigenvalue weighted by atomic mass is 10.0. The number of benzene rings is 1. The Labute approximate surface area is 103 Å². The average molecular weight is 226 g/mol. The first-order chi connectivity index (χ1) is 8.05. The third-order valence-corrected chi connectivity index (χ3v) is 3.62. The maximum atomic E-state index is 2.36. The summed E-state index contributed by atoms with van der Waals surface area (Å²) in [6.07, 6.45) is 7.36. The number of fused-ring (bicyclic) bond motifs is 1. The van der Waals surface area contributed by atoms with Crippen LogP contribution < -0.4 is 4.57 Å². The molecule has 17 heavy (non-hydrogen) atoms. The van der Waals surface area contributed by atoms with Crippen molar-refractivity contribution in [1.29, 1.82) is 0 Å². The van der Waals surface area contributed by atoms with Gasteiger partial charge in [-0.15, -0.1) is 0 Å². The van der Waals surface area contributed by atoms with E-state index in [1.807, 2.05) is 0 Å². The van der Waals surface area contributed by atoms with Gasteiger partial charge in [0.2, 0.25) is 0 Å². The lowest BCUT2D eigenvalue weighted by Gasteiger charge is -2.15. The van der Waals surface area contributed by atoms with Crippen LogP contribution in [-0.4, -0.2) is 0 Å². The molecule has 0 radical (unpaired) electrons. The molecule has 1 heterocycles. The Bertz CT molecular complexity index is 559. The molecule has 3 rings (SSSR count). The summed E-state index contributed by atoms with van der Waals surface area (Å²) >= 11 is 0. The van der Waals surface area contributed by atoms with Crippen LogP contribution in [0.5, 0.6) is 0 Å². The second-order valence-corrected chi connectivity index (χ2v) is 6.15. The highest BCUT2D eigenvalue weighted by Crippen LogP contribution is 2.42. The minimum Gasteiger partial charge on any atom is -0.200 e. The largest absolute Gasteiger partial charge is 0.200 e. The van der Waals surface area contributed by atoms with Gasteiger partial charge in [0.15, 0.2) is 17.9 Å². The normalized spacial score (nSPS) is 16.4. The number of aromatic nitrogens is 1. The van der Waals surface area contributed by atoms with Crippen molar-refractivity contribution in [2.75, 3.05) is 0 Å². The predicted molar refractivity (Wildman–Crippen MR) is 71.1 cm³/mol. The quantitative estimate of drug-likeness (QED) is 0.652. The van der Waals surface area contributed by atoms with E-state index in [4.69, 9.17) is 0 Å². The van der Waals surface area contributed by atoms with Gasteiger partial charge in [0.1, 0.15) is 0 Å². The minimum absolute atomic E-state index is 0.160. The monoisotopic (exact) mass is 226 g/mol. The van der Waals surface area contributed by atoms with Gasteiger partial charge in [-0.1, -0.05) is 18.2 Å². The van der Waals surface area contributed by atoms with Crippen LogP contribution in [0.25, 0.3) is 10.8 Å². The predicted octanol–water partition coefficient (Wildman–Crippen LogP) is 3.76. The van der Waals surface area contributed by atoms with E-state index in [9.17, 15) is 0 Å². The van der Waals surface area contributed by atoms with E-state index in [-0.39, 0.29) is 5.54 Å². The molecular weight excluding hydrogens is 206 g/mol. The number of nitrogens with zero attached hydrogens (tertiary/aromatic N) is 1. The first-order valence-electron chi connectivity index (χ1n) is 6.50. The van der Waals surface area contributed by atoms with E-state index in [2.05, 4.69) is 62.0 Å². The van der Waals surface area contributed by atoms with Crippen LogP contribution in [0, 0.1) is 0 Å². The molecule has 0 amide bonds. The summed E-state index contributed by atoms with van der Waals surface area (Å²) in [7, 11) is 0. The fourth-order valence-electron chi connectivity index (χ4n) is 2.39. The zero-order valence-electron chi connectivity index (χ0n) is 10.9. The second-order valence-electron chi connectivity index (χ2n) is 6.15. The third-order valence-electron chi connectivity index (χ3n) is 3.62. The van der Waals surface area contributed by atoms with Crippen LogP contribution in [0.15, 0.2) is 36.7 Å². The topological polar surface area (TPSA) is 3.88 Å². The molecule has 1 saturated carbocycles. The first-order valence-corrected chi connectivity index (χ1v) is 6.50. The van der Waals surface area contributed by atoms with Crippen LogP contribution in [0.2, 0.25) is 0 Å². The molecule has 1 aromatic heterocycles. The number of hydrogen-bond acceptors (Lipinski definition) is 0. The van der Waals surface area contributed by atoms with Gasteiger partial charge in [0.05, 0.1) is 0 Å². The summed E-state index contributed by atoms with van der Waals surface area (Å²) in [5, 5.41) is 2.81. The molecule has 2 aromatic rings. The fourth-order valence-corrected chi connectivity index (χ4v) is 2.39. The van der Waals surface area contributed by atoms with Gasteiger partial charge in [-0.3, -0.25) is 0 Å². The summed E-state index contributed by atoms with van der Waals surface area (Å²) < 4.78 is 2.36. The number of pyridine rings is 1. The highest BCUT2D eigenvalue weighted by Gasteiger charge is 2.30. The van der Waals surface area contributed by atoms with Crippen molar-refractivity contribution in [1.82, 2.24) is 0 Å². The highest BCUT2D eigenvalue weighted by atomic mass is 15.0. The van der Waals surface area contributed by atoms with E-state index in [1.54, 1.807) is 0 Å². The minimum atomic E-state index is 0.160. The van der Waals surface area contributed by atoms with Crippen molar-refractivity contribution in [3.63, 3.8) is 0 Å². The van der Waals surface area contributed by atoms with E-state index in [0.29, 0.717) is 0 Å². The van der Waals surface area contributed by atoms with Gasteiger partial charge in [0, 0.05) is 31.7 Å². The molecule has 1 aliphatic carbocycles. The lowest BCUT2D eigenvalue weighted by molar-refractivity contribution is -0.753. The molecule has 0 aliphatic heterocycles. The third kappa shape index (κ3) is 1.95. The van der Waals surface area contributed by atoms with Crippen molar-refractivity contribution < 1.29 is 4.57 Å². The molecular formula is C16H20N+. The van der Waals surface area contributed by atoms with E-state index >= 15 is 0 Å². The number of hydrogen-bond donors (Lipinski definition) is 0. The van der Waals surface area contributed by atoms with E-state index < -0.39 is 0 Å². The summed E-state index contributed by atoms with van der Waals surface area (Å²) in [6.45, 7) is 6.79. The maximum absolute atomic E-state index is 2.36. The molecule has 88 valence electrons. The molecule has 1 aliphatic rings. The van der Waals surface area contributed by atoms with Gasteiger partial charge in [-0.05, 0) is 30.2 Å². The smallest absolute Gasteiger partial charge is 0.177 e. The summed E-state index contributed by atoms with van der Waals surface area (Å²) in [5.74, 6) is 0.801. The van der Waals surface area contributed by atoms with Crippen molar-refractivity contribution in [2.24, 2.45) is 0 Å². The van der Waals surface area contributed by atoms with Crippen LogP contribution in [0.3, 0.4) is 0 Å². The molecule has 1 aromatic carbocycles. The van der Waals surface area contributed by atoms with Crippen LogP contribution in [0.4, 0.5) is 0 Å². The van der Waals surface area contributed by atoms with Crippen LogP contribution >= 0.6 is 0 Å². The van der Waals surface area contributed by atoms with Crippen molar-refractivity contribution in [3.05, 3.63) is 42.2 Å². The standard InChI is InChI=1S/C16H20N/c1-16(2,3)17-10-13-6-4-5-7-14(13)15(11-17)12-8-9-12/h4-7,10-12H,8-9H2,1-3H3/q+1. The van der Waals surface area contributed by atoms with E-state index in [0.717, 1.165) is 5.92 Å². The molecule has 0 spiro atoms. The molecule has 0 atom stereocenters. The molecule has 0 saturated heterocycles. The van der Waals surface area contributed by atoms with Gasteiger partial charge in [0.25, 0.3) is 0 Å². The molecule has 0 bridgehead atoms.